The third-order valence-electron chi connectivity index (χ3n) is 4.96. The van der Waals surface area contributed by atoms with E-state index in [4.69, 9.17) is 21.1 Å². The van der Waals surface area contributed by atoms with Gasteiger partial charge >= 0.3 is 0 Å². The van der Waals surface area contributed by atoms with Crippen molar-refractivity contribution >= 4 is 27.5 Å². The number of benzene rings is 3. The molecule has 1 atom stereocenters. The van der Waals surface area contributed by atoms with Crippen molar-refractivity contribution < 1.29 is 22.7 Å². The Bertz CT molecular complexity index is 1200. The first-order valence-corrected chi connectivity index (χ1v) is 12.0. The van der Waals surface area contributed by atoms with E-state index in [0.29, 0.717) is 5.75 Å². The lowest BCUT2D eigenvalue weighted by molar-refractivity contribution is -0.122. The SMILES string of the molecule is COc1ccccc1CNC(=O)C(Cc1ccccc1)NS(=O)(=O)c1cc(Cl)ccc1OC. The van der Waals surface area contributed by atoms with Crippen molar-refractivity contribution in [1.82, 2.24) is 10.0 Å². The molecule has 33 heavy (non-hydrogen) atoms. The van der Waals surface area contributed by atoms with Crippen molar-refractivity contribution in [2.75, 3.05) is 14.2 Å². The Balaban J connectivity index is 1.86. The van der Waals surface area contributed by atoms with Gasteiger partial charge in [0.15, 0.2) is 0 Å². The summed E-state index contributed by atoms with van der Waals surface area (Å²) in [6.07, 6.45) is 0.153. The highest BCUT2D eigenvalue weighted by molar-refractivity contribution is 7.89. The first-order valence-electron chi connectivity index (χ1n) is 10.1. The zero-order valence-electron chi connectivity index (χ0n) is 18.2. The standard InChI is InChI=1S/C24H25ClN2O5S/c1-31-21-11-7-6-10-18(21)16-26-24(28)20(14-17-8-4-3-5-9-17)27-33(29,30)23-15-19(25)12-13-22(23)32-2/h3-13,15,20,27H,14,16H2,1-2H3,(H,26,28). The number of amides is 1. The first kappa shape index (κ1) is 24.6. The van der Waals surface area contributed by atoms with Gasteiger partial charge in [-0.15, -0.1) is 0 Å². The number of carbonyl (C=O) groups excluding carboxylic acids is 1. The van der Waals surface area contributed by atoms with E-state index in [2.05, 4.69) is 10.0 Å². The lowest BCUT2D eigenvalue weighted by Gasteiger charge is -2.20. The molecular weight excluding hydrogens is 464 g/mol. The van der Waals surface area contributed by atoms with Crippen LogP contribution in [0.1, 0.15) is 11.1 Å². The molecule has 0 aromatic heterocycles. The summed E-state index contributed by atoms with van der Waals surface area (Å²) in [5.74, 6) is 0.274. The van der Waals surface area contributed by atoms with Crippen molar-refractivity contribution in [3.8, 4) is 11.5 Å². The first-order chi connectivity index (χ1) is 15.8. The molecule has 0 spiro atoms. The smallest absolute Gasteiger partial charge is 0.245 e. The van der Waals surface area contributed by atoms with Crippen molar-refractivity contribution in [3.05, 3.63) is 88.9 Å². The predicted molar refractivity (Wildman–Crippen MR) is 127 cm³/mol. The molecule has 3 aromatic carbocycles. The van der Waals surface area contributed by atoms with Crippen LogP contribution in [0.5, 0.6) is 11.5 Å². The maximum atomic E-state index is 13.2. The summed E-state index contributed by atoms with van der Waals surface area (Å²) in [7, 11) is -1.22. The number of methoxy groups -OCH3 is 2. The molecule has 0 radical (unpaired) electrons. The highest BCUT2D eigenvalue weighted by atomic mass is 35.5. The monoisotopic (exact) mass is 488 g/mol. The summed E-state index contributed by atoms with van der Waals surface area (Å²) in [5.41, 5.74) is 1.57. The molecule has 9 heteroatoms. The molecule has 0 aliphatic carbocycles. The van der Waals surface area contributed by atoms with Gasteiger partial charge in [0.05, 0.1) is 14.2 Å². The van der Waals surface area contributed by atoms with Crippen molar-refractivity contribution in [1.29, 1.82) is 0 Å². The van der Waals surface area contributed by atoms with Crippen LogP contribution in [0, 0.1) is 0 Å². The Labute approximate surface area is 198 Å². The molecule has 174 valence electrons. The highest BCUT2D eigenvalue weighted by Gasteiger charge is 2.28. The van der Waals surface area contributed by atoms with Crippen LogP contribution in [-0.4, -0.2) is 34.6 Å². The van der Waals surface area contributed by atoms with E-state index in [9.17, 15) is 13.2 Å². The number of nitrogens with one attached hydrogen (secondary N) is 2. The molecular formula is C24H25ClN2O5S. The Morgan fingerprint density at radius 1 is 0.939 bits per heavy atom. The molecule has 1 amide bonds. The van der Waals surface area contributed by atoms with E-state index in [1.807, 2.05) is 48.5 Å². The van der Waals surface area contributed by atoms with E-state index in [1.165, 1.54) is 25.3 Å². The Kier molecular flexibility index (Phi) is 8.32. The average molecular weight is 489 g/mol. The van der Waals surface area contributed by atoms with Gasteiger partial charge in [-0.3, -0.25) is 4.79 Å². The van der Waals surface area contributed by atoms with Gasteiger partial charge in [-0.25, -0.2) is 8.42 Å². The number of carbonyl (C=O) groups is 1. The normalized spacial score (nSPS) is 12.1. The molecule has 0 bridgehead atoms. The Morgan fingerprint density at radius 2 is 1.61 bits per heavy atom. The van der Waals surface area contributed by atoms with E-state index in [1.54, 1.807) is 13.2 Å². The second kappa shape index (κ2) is 11.2. The summed E-state index contributed by atoms with van der Waals surface area (Å²) in [4.78, 5) is 13.0. The number of para-hydroxylation sites is 1. The zero-order chi connectivity index (χ0) is 23.8. The molecule has 1 unspecified atom stereocenters. The summed E-state index contributed by atoms with van der Waals surface area (Å²) in [5, 5.41) is 3.04. The zero-order valence-corrected chi connectivity index (χ0v) is 19.8. The topological polar surface area (TPSA) is 93.7 Å². The highest BCUT2D eigenvalue weighted by Crippen LogP contribution is 2.27. The van der Waals surface area contributed by atoms with E-state index in [-0.39, 0.29) is 28.6 Å². The molecule has 0 saturated heterocycles. The maximum Gasteiger partial charge on any atom is 0.245 e. The second-order valence-electron chi connectivity index (χ2n) is 7.19. The minimum Gasteiger partial charge on any atom is -0.496 e. The minimum atomic E-state index is -4.13. The van der Waals surface area contributed by atoms with E-state index in [0.717, 1.165) is 11.1 Å². The van der Waals surface area contributed by atoms with E-state index >= 15 is 0 Å². The number of ether oxygens (including phenoxy) is 2. The van der Waals surface area contributed by atoms with Crippen LogP contribution in [0.3, 0.4) is 0 Å². The lowest BCUT2D eigenvalue weighted by atomic mass is 10.1. The molecule has 3 aromatic rings. The summed E-state index contributed by atoms with van der Waals surface area (Å²) >= 11 is 6.02. The third-order valence-corrected chi connectivity index (χ3v) is 6.69. The largest absolute Gasteiger partial charge is 0.496 e. The fourth-order valence-electron chi connectivity index (χ4n) is 3.30. The summed E-state index contributed by atoms with van der Waals surface area (Å²) < 4.78 is 39.4. The van der Waals surface area contributed by atoms with Gasteiger partial charge in [0.25, 0.3) is 0 Å². The Morgan fingerprint density at radius 3 is 2.30 bits per heavy atom. The Hall–Kier alpha value is -3.07. The van der Waals surface area contributed by atoms with Gasteiger partial charge in [0.2, 0.25) is 15.9 Å². The summed E-state index contributed by atoms with van der Waals surface area (Å²) in [6, 6.07) is 19.6. The van der Waals surface area contributed by atoms with E-state index < -0.39 is 22.0 Å². The molecule has 0 aliphatic heterocycles. The van der Waals surface area contributed by atoms with Gasteiger partial charge in [0, 0.05) is 17.1 Å². The minimum absolute atomic E-state index is 0.125. The van der Waals surface area contributed by atoms with Crippen LogP contribution in [0.25, 0.3) is 0 Å². The fraction of sp³-hybridized carbons (Fsp3) is 0.208. The fourth-order valence-corrected chi connectivity index (χ4v) is 4.93. The molecule has 0 aliphatic rings. The van der Waals surface area contributed by atoms with Gasteiger partial charge in [-0.2, -0.15) is 4.72 Å². The molecule has 0 heterocycles. The van der Waals surface area contributed by atoms with Crippen molar-refractivity contribution in [2.45, 2.75) is 23.9 Å². The number of hydrogen-bond donors (Lipinski definition) is 2. The van der Waals surface area contributed by atoms with Crippen molar-refractivity contribution in [3.63, 3.8) is 0 Å². The lowest BCUT2D eigenvalue weighted by Crippen LogP contribution is -2.47. The van der Waals surface area contributed by atoms with Crippen LogP contribution in [0.2, 0.25) is 5.02 Å². The quantitative estimate of drug-likeness (QED) is 0.455. The molecule has 7 nitrogen and oxygen atoms in total. The molecule has 0 saturated carbocycles. The molecule has 0 fully saturated rings. The average Bonchev–Trinajstić information content (AvgIpc) is 2.82. The van der Waals surface area contributed by atoms with Crippen LogP contribution in [0.4, 0.5) is 0 Å². The molecule has 3 rings (SSSR count). The van der Waals surface area contributed by atoms with Gasteiger partial charge in [-0.1, -0.05) is 60.1 Å². The van der Waals surface area contributed by atoms with Crippen LogP contribution in [0.15, 0.2) is 77.7 Å². The van der Waals surface area contributed by atoms with Crippen molar-refractivity contribution in [2.24, 2.45) is 0 Å². The van der Waals surface area contributed by atoms with Gasteiger partial charge < -0.3 is 14.8 Å². The number of sulfonamides is 1. The number of hydrogen-bond acceptors (Lipinski definition) is 5. The number of rotatable bonds is 10. The summed E-state index contributed by atoms with van der Waals surface area (Å²) in [6.45, 7) is 0.177. The maximum absolute atomic E-state index is 13.2. The van der Waals surface area contributed by atoms with Gasteiger partial charge in [-0.05, 0) is 36.2 Å². The van der Waals surface area contributed by atoms with Crippen LogP contribution < -0.4 is 19.5 Å². The van der Waals surface area contributed by atoms with Gasteiger partial charge in [0.1, 0.15) is 22.4 Å². The molecule has 2 N–H and O–H groups in total. The predicted octanol–water partition coefficient (Wildman–Crippen LogP) is 3.56. The van der Waals surface area contributed by atoms with Crippen LogP contribution in [-0.2, 0) is 27.8 Å². The third kappa shape index (κ3) is 6.47. The second-order valence-corrected chi connectivity index (χ2v) is 9.31. The van der Waals surface area contributed by atoms with Crippen LogP contribution >= 0.6 is 11.6 Å². The number of halogens is 1.